The summed E-state index contributed by atoms with van der Waals surface area (Å²) in [5.74, 6) is 0.465. The Kier molecular flexibility index (Phi) is 2.35. The Morgan fingerprint density at radius 1 is 1.14 bits per heavy atom. The maximum atomic E-state index is 5.74. The smallest absolute Gasteiger partial charge is 0.195 e. The van der Waals surface area contributed by atoms with Gasteiger partial charge in [0.15, 0.2) is 10.9 Å². The van der Waals surface area contributed by atoms with Crippen LogP contribution in [0.25, 0.3) is 11.3 Å². The van der Waals surface area contributed by atoms with E-state index in [9.17, 15) is 0 Å². The lowest BCUT2D eigenvalue weighted by molar-refractivity contribution is 0.433. The molecule has 1 aromatic heterocycles. The zero-order valence-corrected chi connectivity index (χ0v) is 8.51. The van der Waals surface area contributed by atoms with E-state index in [1.165, 1.54) is 0 Å². The van der Waals surface area contributed by atoms with Gasteiger partial charge >= 0.3 is 0 Å². The van der Waals surface area contributed by atoms with Gasteiger partial charge in [0.25, 0.3) is 0 Å². The van der Waals surface area contributed by atoms with Crippen molar-refractivity contribution in [2.75, 3.05) is 5.73 Å². The lowest BCUT2D eigenvalue weighted by atomic mass is 10.1. The average molecular weight is 229 g/mol. The first-order valence-corrected chi connectivity index (χ1v) is 4.60. The third kappa shape index (κ3) is 1.56. The summed E-state index contributed by atoms with van der Waals surface area (Å²) in [6.07, 6.45) is 0. The van der Waals surface area contributed by atoms with Gasteiger partial charge < -0.3 is 10.3 Å². The van der Waals surface area contributed by atoms with Gasteiger partial charge in [-0.05, 0) is 24.3 Å². The molecular weight excluding hydrogens is 223 g/mol. The predicted molar refractivity (Wildman–Crippen MR) is 56.4 cm³/mol. The standard InChI is InChI=1S/C9H6Cl2N2O/c10-6-3-1-5(2-4-6)8-7(12)9(11)13-14-8/h1-4H,12H2. The highest BCUT2D eigenvalue weighted by Gasteiger charge is 2.12. The highest BCUT2D eigenvalue weighted by atomic mass is 35.5. The molecule has 0 unspecified atom stereocenters. The maximum Gasteiger partial charge on any atom is 0.195 e. The van der Waals surface area contributed by atoms with E-state index in [0.29, 0.717) is 16.5 Å². The highest BCUT2D eigenvalue weighted by molar-refractivity contribution is 6.32. The summed E-state index contributed by atoms with van der Waals surface area (Å²) in [4.78, 5) is 0. The van der Waals surface area contributed by atoms with Crippen molar-refractivity contribution in [3.05, 3.63) is 34.4 Å². The third-order valence-electron chi connectivity index (χ3n) is 1.79. The van der Waals surface area contributed by atoms with Crippen LogP contribution in [0.4, 0.5) is 5.69 Å². The third-order valence-corrected chi connectivity index (χ3v) is 2.31. The summed E-state index contributed by atoms with van der Waals surface area (Å²) >= 11 is 11.4. The van der Waals surface area contributed by atoms with Crippen LogP contribution in [0.5, 0.6) is 0 Å². The number of rotatable bonds is 1. The van der Waals surface area contributed by atoms with Crippen molar-refractivity contribution in [1.29, 1.82) is 0 Å². The van der Waals surface area contributed by atoms with E-state index in [1.807, 2.05) is 0 Å². The fourth-order valence-corrected chi connectivity index (χ4v) is 1.33. The van der Waals surface area contributed by atoms with Crippen molar-refractivity contribution in [2.24, 2.45) is 0 Å². The number of nitrogens with zero attached hydrogens (tertiary/aromatic N) is 1. The molecule has 3 nitrogen and oxygen atoms in total. The molecule has 2 rings (SSSR count). The van der Waals surface area contributed by atoms with Crippen molar-refractivity contribution >= 4 is 28.9 Å². The molecule has 0 bridgehead atoms. The molecule has 0 atom stereocenters. The molecule has 0 saturated carbocycles. The number of nitrogens with two attached hydrogens (primary N) is 1. The number of anilines is 1. The summed E-state index contributed by atoms with van der Waals surface area (Å²) in [6.45, 7) is 0. The molecule has 1 aromatic carbocycles. The first-order chi connectivity index (χ1) is 6.68. The Morgan fingerprint density at radius 2 is 1.79 bits per heavy atom. The second-order valence-corrected chi connectivity index (χ2v) is 3.52. The summed E-state index contributed by atoms with van der Waals surface area (Å²) in [6, 6.07) is 7.06. The number of hydrogen-bond acceptors (Lipinski definition) is 3. The van der Waals surface area contributed by atoms with Crippen LogP contribution in [0.3, 0.4) is 0 Å². The van der Waals surface area contributed by atoms with Gasteiger partial charge in [0.1, 0.15) is 5.69 Å². The number of hydrogen-bond donors (Lipinski definition) is 1. The van der Waals surface area contributed by atoms with Crippen molar-refractivity contribution in [1.82, 2.24) is 5.16 Å². The topological polar surface area (TPSA) is 52.0 Å². The number of halogens is 2. The minimum Gasteiger partial charge on any atom is -0.393 e. The van der Waals surface area contributed by atoms with Crippen molar-refractivity contribution in [3.63, 3.8) is 0 Å². The van der Waals surface area contributed by atoms with Crippen LogP contribution in [-0.4, -0.2) is 5.16 Å². The van der Waals surface area contributed by atoms with Gasteiger partial charge in [-0.1, -0.05) is 28.4 Å². The summed E-state index contributed by atoms with van der Waals surface area (Å²) in [5.41, 5.74) is 6.79. The molecule has 0 aliphatic heterocycles. The molecule has 0 saturated heterocycles. The Bertz CT molecular complexity index is 450. The molecule has 0 fully saturated rings. The molecular formula is C9H6Cl2N2O. The van der Waals surface area contributed by atoms with Gasteiger partial charge in [-0.25, -0.2) is 0 Å². The normalized spacial score (nSPS) is 10.4. The zero-order valence-electron chi connectivity index (χ0n) is 7.00. The largest absolute Gasteiger partial charge is 0.393 e. The molecule has 0 aliphatic rings. The van der Waals surface area contributed by atoms with Gasteiger partial charge in [-0.15, -0.1) is 0 Å². The van der Waals surface area contributed by atoms with Crippen LogP contribution in [0, 0.1) is 0 Å². The summed E-state index contributed by atoms with van der Waals surface area (Å²) in [7, 11) is 0. The fraction of sp³-hybridized carbons (Fsp3) is 0. The number of aromatic nitrogens is 1. The SMILES string of the molecule is Nc1c(Cl)noc1-c1ccc(Cl)cc1. The quantitative estimate of drug-likeness (QED) is 0.816. The molecule has 5 heteroatoms. The monoisotopic (exact) mass is 228 g/mol. The van der Waals surface area contributed by atoms with E-state index in [-0.39, 0.29) is 5.15 Å². The Hall–Kier alpha value is -1.19. The van der Waals surface area contributed by atoms with E-state index in [1.54, 1.807) is 24.3 Å². The summed E-state index contributed by atoms with van der Waals surface area (Å²) < 4.78 is 4.97. The molecule has 0 amide bonds. The van der Waals surface area contributed by atoms with E-state index < -0.39 is 0 Å². The first-order valence-electron chi connectivity index (χ1n) is 3.85. The fourth-order valence-electron chi connectivity index (χ4n) is 1.09. The molecule has 0 aliphatic carbocycles. The van der Waals surface area contributed by atoms with Crippen LogP contribution in [0.1, 0.15) is 0 Å². The van der Waals surface area contributed by atoms with Crippen molar-refractivity contribution in [2.45, 2.75) is 0 Å². The molecule has 2 N–H and O–H groups in total. The number of nitrogen functional groups attached to an aromatic ring is 1. The summed E-state index contributed by atoms with van der Waals surface area (Å²) in [5, 5.41) is 4.37. The second-order valence-electron chi connectivity index (χ2n) is 2.72. The van der Waals surface area contributed by atoms with Gasteiger partial charge in [0.2, 0.25) is 0 Å². The van der Waals surface area contributed by atoms with Crippen molar-refractivity contribution in [3.8, 4) is 11.3 Å². The molecule has 0 spiro atoms. The van der Waals surface area contributed by atoms with Crippen LogP contribution in [0.15, 0.2) is 28.8 Å². The first kappa shape index (κ1) is 9.37. The van der Waals surface area contributed by atoms with Gasteiger partial charge in [0, 0.05) is 10.6 Å². The minimum absolute atomic E-state index is 0.176. The zero-order chi connectivity index (χ0) is 10.1. The predicted octanol–water partition coefficient (Wildman–Crippen LogP) is 3.23. The second kappa shape index (κ2) is 3.52. The van der Waals surface area contributed by atoms with Crippen LogP contribution in [0.2, 0.25) is 10.2 Å². The van der Waals surface area contributed by atoms with E-state index in [4.69, 9.17) is 33.5 Å². The Labute approximate surface area is 90.4 Å². The van der Waals surface area contributed by atoms with Crippen LogP contribution in [-0.2, 0) is 0 Å². The molecule has 0 radical (unpaired) electrons. The van der Waals surface area contributed by atoms with Gasteiger partial charge in [-0.3, -0.25) is 0 Å². The van der Waals surface area contributed by atoms with E-state index in [2.05, 4.69) is 5.16 Å². The van der Waals surface area contributed by atoms with E-state index >= 15 is 0 Å². The Morgan fingerprint density at radius 3 is 2.29 bits per heavy atom. The number of benzene rings is 1. The minimum atomic E-state index is 0.176. The van der Waals surface area contributed by atoms with Gasteiger partial charge in [0.05, 0.1) is 0 Å². The van der Waals surface area contributed by atoms with Crippen LogP contribution >= 0.6 is 23.2 Å². The van der Waals surface area contributed by atoms with Crippen molar-refractivity contribution < 1.29 is 4.52 Å². The molecule has 14 heavy (non-hydrogen) atoms. The average Bonchev–Trinajstić information content (AvgIpc) is 2.50. The highest BCUT2D eigenvalue weighted by Crippen LogP contribution is 2.31. The van der Waals surface area contributed by atoms with Gasteiger partial charge in [-0.2, -0.15) is 0 Å². The molecule has 72 valence electrons. The van der Waals surface area contributed by atoms with Crippen LogP contribution < -0.4 is 5.73 Å². The maximum absolute atomic E-state index is 5.74. The lowest BCUT2D eigenvalue weighted by Crippen LogP contribution is -1.85. The van der Waals surface area contributed by atoms with E-state index in [0.717, 1.165) is 5.56 Å². The Balaban J connectivity index is 2.49. The molecule has 1 heterocycles. The molecule has 2 aromatic rings. The lowest BCUT2D eigenvalue weighted by Gasteiger charge is -1.96.